The molecule has 230 valence electrons. The van der Waals surface area contributed by atoms with Crippen LogP contribution in [-0.2, 0) is 21.2 Å². The zero-order valence-corrected chi connectivity index (χ0v) is 25.8. The standard InChI is InChI=1S/C30H48FN5O4S/c1-23-21-25(35(3)29(32)38)22-24(2)26(23)14-20-41(39,40)36-18-15-30(16-19-36)28(37)33-27(34-30)13-11-9-7-5-4-6-8-10-12-17-31/h21-22H,4-20H2,1-3H3,(H2,32,38)(H,33,34,37). The molecular weight excluding hydrogens is 545 g/mol. The first kappa shape index (κ1) is 33.0. The molecule has 3 N–H and O–H groups in total. The predicted octanol–water partition coefficient (Wildman–Crippen LogP) is 4.92. The van der Waals surface area contributed by atoms with Gasteiger partial charge < -0.3 is 11.1 Å². The Morgan fingerprint density at radius 3 is 2.07 bits per heavy atom. The minimum atomic E-state index is -3.51. The molecule has 2 aliphatic rings. The third-order valence-corrected chi connectivity index (χ3v) is 10.4. The smallest absolute Gasteiger partial charge is 0.318 e. The summed E-state index contributed by atoms with van der Waals surface area (Å²) in [5.74, 6) is 0.601. The van der Waals surface area contributed by atoms with Crippen molar-refractivity contribution >= 4 is 33.5 Å². The number of sulfonamides is 1. The number of hydrogen-bond donors (Lipinski definition) is 2. The number of hydrogen-bond acceptors (Lipinski definition) is 5. The fourth-order valence-electron chi connectivity index (χ4n) is 5.85. The molecule has 0 unspecified atom stereocenters. The van der Waals surface area contributed by atoms with Crippen molar-refractivity contribution in [3.8, 4) is 0 Å². The molecule has 41 heavy (non-hydrogen) atoms. The summed E-state index contributed by atoms with van der Waals surface area (Å²) in [6, 6.07) is 3.13. The van der Waals surface area contributed by atoms with E-state index in [-0.39, 0.29) is 31.4 Å². The average Bonchev–Trinajstić information content (AvgIpc) is 3.22. The van der Waals surface area contributed by atoms with Crippen LogP contribution in [-0.4, -0.2) is 68.6 Å². The Bertz CT molecular complexity index is 1170. The zero-order valence-electron chi connectivity index (χ0n) is 25.0. The Hall–Kier alpha value is -2.53. The molecule has 0 atom stereocenters. The van der Waals surface area contributed by atoms with Gasteiger partial charge >= 0.3 is 6.03 Å². The van der Waals surface area contributed by atoms with Gasteiger partial charge in [0.1, 0.15) is 11.4 Å². The molecule has 0 bridgehead atoms. The summed E-state index contributed by atoms with van der Waals surface area (Å²) in [6.45, 7) is 4.15. The molecular formula is C30H48FN5O4S. The number of nitrogens with one attached hydrogen (secondary N) is 1. The summed E-state index contributed by atoms with van der Waals surface area (Å²) in [4.78, 5) is 30.5. The summed E-state index contributed by atoms with van der Waals surface area (Å²) in [6.07, 6.45) is 11.4. The van der Waals surface area contributed by atoms with Crippen LogP contribution >= 0.6 is 0 Å². The molecule has 2 aliphatic heterocycles. The van der Waals surface area contributed by atoms with Crippen molar-refractivity contribution < 1.29 is 22.4 Å². The molecule has 3 rings (SSSR count). The lowest BCUT2D eigenvalue weighted by Crippen LogP contribution is -2.50. The van der Waals surface area contributed by atoms with Crippen molar-refractivity contribution in [2.45, 2.75) is 103 Å². The van der Waals surface area contributed by atoms with Gasteiger partial charge in [-0.15, -0.1) is 0 Å². The number of nitrogens with zero attached hydrogens (tertiary/aromatic N) is 3. The van der Waals surface area contributed by atoms with Crippen LogP contribution in [0, 0.1) is 13.8 Å². The number of amides is 3. The second kappa shape index (κ2) is 15.1. The number of rotatable bonds is 16. The topological polar surface area (TPSA) is 125 Å². The van der Waals surface area contributed by atoms with Gasteiger partial charge in [-0.25, -0.2) is 17.5 Å². The number of unbranched alkanes of at least 4 members (excludes halogenated alkanes) is 8. The van der Waals surface area contributed by atoms with Crippen LogP contribution in [0.5, 0.6) is 0 Å². The number of carbonyl (C=O) groups excluding carboxylic acids is 2. The molecule has 11 heteroatoms. The van der Waals surface area contributed by atoms with Crippen LogP contribution in [0.15, 0.2) is 17.1 Å². The molecule has 3 amide bonds. The Balaban J connectivity index is 1.45. The predicted molar refractivity (Wildman–Crippen MR) is 163 cm³/mol. The van der Waals surface area contributed by atoms with Crippen molar-refractivity contribution in [1.82, 2.24) is 9.62 Å². The van der Waals surface area contributed by atoms with Crippen LogP contribution in [0.4, 0.5) is 14.9 Å². The molecule has 0 radical (unpaired) electrons. The van der Waals surface area contributed by atoms with E-state index in [2.05, 4.69) is 5.32 Å². The molecule has 1 saturated heterocycles. The van der Waals surface area contributed by atoms with E-state index < -0.39 is 21.6 Å². The molecule has 0 aromatic heterocycles. The Kier molecular flexibility index (Phi) is 12.1. The first-order chi connectivity index (χ1) is 19.5. The average molecular weight is 594 g/mol. The minimum Gasteiger partial charge on any atom is -0.351 e. The van der Waals surface area contributed by atoms with Gasteiger partial charge in [0, 0.05) is 32.2 Å². The number of alkyl halides is 1. The number of benzene rings is 1. The summed E-state index contributed by atoms with van der Waals surface area (Å²) in [7, 11) is -1.91. The number of halogens is 1. The summed E-state index contributed by atoms with van der Waals surface area (Å²) in [5, 5.41) is 2.96. The zero-order chi connectivity index (χ0) is 30.0. The largest absolute Gasteiger partial charge is 0.351 e. The van der Waals surface area contributed by atoms with Gasteiger partial charge in [0.2, 0.25) is 10.0 Å². The number of piperidine rings is 1. The Morgan fingerprint density at radius 2 is 1.54 bits per heavy atom. The van der Waals surface area contributed by atoms with Crippen LogP contribution in [0.25, 0.3) is 0 Å². The highest BCUT2D eigenvalue weighted by Crippen LogP contribution is 2.32. The van der Waals surface area contributed by atoms with Gasteiger partial charge in [0.25, 0.3) is 5.91 Å². The second-order valence-corrected chi connectivity index (χ2v) is 13.7. The Labute approximate surface area is 245 Å². The van der Waals surface area contributed by atoms with Crippen LogP contribution in [0.3, 0.4) is 0 Å². The summed E-state index contributed by atoms with van der Waals surface area (Å²) in [5.41, 5.74) is 7.98. The molecule has 1 spiro atoms. The molecule has 0 saturated carbocycles. The number of urea groups is 1. The first-order valence-corrected chi connectivity index (χ1v) is 16.7. The van der Waals surface area contributed by atoms with Crippen LogP contribution in [0.1, 0.15) is 93.7 Å². The third-order valence-electron chi connectivity index (χ3n) is 8.53. The lowest BCUT2D eigenvalue weighted by molar-refractivity contribution is -0.124. The van der Waals surface area contributed by atoms with Crippen LogP contribution in [0.2, 0.25) is 0 Å². The highest BCUT2D eigenvalue weighted by Gasteiger charge is 2.47. The molecule has 1 aromatic carbocycles. The molecule has 9 nitrogen and oxygen atoms in total. The monoisotopic (exact) mass is 593 g/mol. The number of aliphatic imine (C=N–C) groups is 1. The lowest BCUT2D eigenvalue weighted by atomic mass is 9.89. The van der Waals surface area contributed by atoms with Crippen molar-refractivity contribution in [1.29, 1.82) is 0 Å². The molecule has 1 aromatic rings. The lowest BCUT2D eigenvalue weighted by Gasteiger charge is -2.34. The number of aryl methyl sites for hydroxylation is 2. The van der Waals surface area contributed by atoms with E-state index in [4.69, 9.17) is 10.7 Å². The number of primary amides is 1. The maximum absolute atomic E-state index is 13.2. The third kappa shape index (κ3) is 8.98. The van der Waals surface area contributed by atoms with E-state index in [9.17, 15) is 22.4 Å². The van der Waals surface area contributed by atoms with Crippen molar-refractivity contribution in [2.24, 2.45) is 10.7 Å². The van der Waals surface area contributed by atoms with Gasteiger partial charge in [0.05, 0.1) is 12.4 Å². The van der Waals surface area contributed by atoms with E-state index in [1.165, 1.54) is 28.5 Å². The highest BCUT2D eigenvalue weighted by atomic mass is 32.2. The Morgan fingerprint density at radius 1 is 1.00 bits per heavy atom. The highest BCUT2D eigenvalue weighted by molar-refractivity contribution is 7.89. The van der Waals surface area contributed by atoms with Crippen molar-refractivity contribution in [2.75, 3.05) is 37.5 Å². The minimum absolute atomic E-state index is 0.0228. The molecule has 0 aliphatic carbocycles. The van der Waals surface area contributed by atoms with Crippen molar-refractivity contribution in [3.05, 3.63) is 28.8 Å². The van der Waals surface area contributed by atoms with Crippen LogP contribution < -0.4 is 16.0 Å². The molecule has 1 fully saturated rings. The normalized spacial score (nSPS) is 17.1. The van der Waals surface area contributed by atoms with E-state index >= 15 is 0 Å². The number of carbonyl (C=O) groups is 2. The second-order valence-electron chi connectivity index (χ2n) is 11.6. The first-order valence-electron chi connectivity index (χ1n) is 15.1. The van der Waals surface area contributed by atoms with Gasteiger partial charge in [-0.1, -0.05) is 44.9 Å². The SMILES string of the molecule is Cc1cc(N(C)C(N)=O)cc(C)c1CCS(=O)(=O)N1CCC2(CC1)N=C(CCCCCCCCCCCF)NC2=O. The van der Waals surface area contributed by atoms with E-state index in [0.29, 0.717) is 31.4 Å². The fraction of sp³-hybridized carbons (Fsp3) is 0.700. The van der Waals surface area contributed by atoms with E-state index in [1.807, 2.05) is 26.0 Å². The fourth-order valence-corrected chi connectivity index (χ4v) is 7.31. The van der Waals surface area contributed by atoms with Gasteiger partial charge in [-0.05, 0) is 74.8 Å². The van der Waals surface area contributed by atoms with Crippen molar-refractivity contribution in [3.63, 3.8) is 0 Å². The maximum Gasteiger partial charge on any atom is 0.318 e. The van der Waals surface area contributed by atoms with E-state index in [0.717, 1.165) is 61.1 Å². The maximum atomic E-state index is 13.2. The number of amidine groups is 1. The van der Waals surface area contributed by atoms with Gasteiger partial charge in [-0.2, -0.15) is 0 Å². The number of anilines is 1. The van der Waals surface area contributed by atoms with E-state index in [1.54, 1.807) is 7.05 Å². The summed E-state index contributed by atoms with van der Waals surface area (Å²) < 4.78 is 40.0. The quantitative estimate of drug-likeness (QED) is 0.264. The van der Waals surface area contributed by atoms with Gasteiger partial charge in [0.15, 0.2) is 0 Å². The summed E-state index contributed by atoms with van der Waals surface area (Å²) >= 11 is 0. The molecule has 2 heterocycles. The van der Waals surface area contributed by atoms with Gasteiger partial charge in [-0.3, -0.25) is 19.1 Å². The number of nitrogens with two attached hydrogens (primary N) is 1.